The van der Waals surface area contributed by atoms with Crippen LogP contribution < -0.4 is 10.5 Å². The van der Waals surface area contributed by atoms with E-state index in [9.17, 15) is 21.6 Å². The van der Waals surface area contributed by atoms with Crippen LogP contribution in [0.2, 0.25) is 0 Å². The molecule has 0 atom stereocenters. The Kier molecular flexibility index (Phi) is 9.19. The summed E-state index contributed by atoms with van der Waals surface area (Å²) in [5.74, 6) is 0.140. The van der Waals surface area contributed by atoms with Crippen molar-refractivity contribution in [2.24, 2.45) is 5.14 Å². The van der Waals surface area contributed by atoms with Crippen molar-refractivity contribution in [3.05, 3.63) is 52.6 Å². The van der Waals surface area contributed by atoms with Crippen molar-refractivity contribution >= 4 is 48.5 Å². The van der Waals surface area contributed by atoms with Gasteiger partial charge < -0.3 is 5.32 Å². The fraction of sp³-hybridized carbons (Fsp3) is 0.263. The van der Waals surface area contributed by atoms with Crippen molar-refractivity contribution in [1.29, 1.82) is 0 Å². The van der Waals surface area contributed by atoms with Gasteiger partial charge in [-0.15, -0.1) is 0 Å². The van der Waals surface area contributed by atoms with Crippen LogP contribution in [0.25, 0.3) is 10.9 Å². The molecule has 0 unspecified atom stereocenters. The van der Waals surface area contributed by atoms with E-state index in [1.165, 1.54) is 30.5 Å². The van der Waals surface area contributed by atoms with Gasteiger partial charge in [0.1, 0.15) is 0 Å². The predicted octanol–water partition coefficient (Wildman–Crippen LogP) is 5.85. The van der Waals surface area contributed by atoms with Crippen LogP contribution in [-0.2, 0) is 16.2 Å². The Hall–Kier alpha value is -2.24. The number of sulfonamides is 1. The number of alkyl halides is 3. The highest BCUT2D eigenvalue weighted by molar-refractivity contribution is 9.10. The van der Waals surface area contributed by atoms with E-state index in [4.69, 9.17) is 5.14 Å². The van der Waals surface area contributed by atoms with E-state index >= 15 is 0 Å². The summed E-state index contributed by atoms with van der Waals surface area (Å²) in [6.07, 6.45) is -3.21. The lowest BCUT2D eigenvalue weighted by Crippen LogP contribution is -2.11. The highest BCUT2D eigenvalue weighted by atomic mass is 79.9. The van der Waals surface area contributed by atoms with E-state index in [1.54, 1.807) is 0 Å². The lowest BCUT2D eigenvalue weighted by atomic mass is 10.1. The molecule has 3 rings (SSSR count). The molecule has 0 aliphatic heterocycles. The number of fused-ring (bicyclic) bond motifs is 1. The zero-order valence-corrected chi connectivity index (χ0v) is 19.2. The van der Waals surface area contributed by atoms with Gasteiger partial charge in [-0.2, -0.15) is 13.2 Å². The minimum atomic E-state index is -4.47. The lowest BCUT2D eigenvalue weighted by Gasteiger charge is -2.10. The summed E-state index contributed by atoms with van der Waals surface area (Å²) in [6, 6.07) is 7.46. The fourth-order valence-corrected chi connectivity index (χ4v) is 3.26. The molecule has 11 heteroatoms. The van der Waals surface area contributed by atoms with Crippen LogP contribution in [0.3, 0.4) is 0 Å². The Morgan fingerprint density at radius 1 is 1.03 bits per heavy atom. The first-order valence-electron chi connectivity index (χ1n) is 8.97. The zero-order valence-electron chi connectivity index (χ0n) is 16.7. The van der Waals surface area contributed by atoms with Gasteiger partial charge in [-0.3, -0.25) is 0 Å². The molecule has 30 heavy (non-hydrogen) atoms. The van der Waals surface area contributed by atoms with Crippen LogP contribution in [0.1, 0.15) is 33.3 Å². The lowest BCUT2D eigenvalue weighted by molar-refractivity contribution is -0.137. The van der Waals surface area contributed by atoms with Gasteiger partial charge in [0.05, 0.1) is 16.0 Å². The summed E-state index contributed by atoms with van der Waals surface area (Å²) in [4.78, 5) is 8.12. The van der Waals surface area contributed by atoms with Gasteiger partial charge in [0.15, 0.2) is 0 Å². The zero-order chi connectivity index (χ0) is 23.1. The Bertz CT molecular complexity index is 1090. The third-order valence-electron chi connectivity index (χ3n) is 3.40. The summed E-state index contributed by atoms with van der Waals surface area (Å²) in [6.45, 7) is 8.00. The normalized spacial score (nSPS) is 11.1. The number of nitrogens with zero attached hydrogens (tertiary/aromatic N) is 2. The van der Waals surface area contributed by atoms with Gasteiger partial charge in [0.25, 0.3) is 0 Å². The number of halogens is 4. The third-order valence-corrected chi connectivity index (χ3v) is 4.94. The van der Waals surface area contributed by atoms with Crippen molar-refractivity contribution in [3.63, 3.8) is 0 Å². The Labute approximate surface area is 181 Å². The summed E-state index contributed by atoms with van der Waals surface area (Å²) in [5, 5.41) is 8.09. The predicted molar refractivity (Wildman–Crippen MR) is 116 cm³/mol. The number of nitrogens with one attached hydrogen (secondary N) is 1. The molecule has 0 aliphatic rings. The number of benzene rings is 2. The van der Waals surface area contributed by atoms with Crippen LogP contribution >= 0.6 is 15.9 Å². The molecule has 1 aromatic heterocycles. The molecule has 164 valence electrons. The molecule has 0 amide bonds. The summed E-state index contributed by atoms with van der Waals surface area (Å²) in [5.41, 5.74) is -0.0174. The van der Waals surface area contributed by atoms with Crippen molar-refractivity contribution in [3.8, 4) is 0 Å². The number of primary sulfonamides is 1. The first-order valence-corrected chi connectivity index (χ1v) is 11.3. The SMILES string of the molecule is CC.CC.NS(=O)(=O)c1ccc(Nc2ncc3cc(C(F)(F)F)cc(Br)c3n2)cc1. The molecular formula is C19H22BrF3N4O2S. The van der Waals surface area contributed by atoms with Gasteiger partial charge in [-0.05, 0) is 52.3 Å². The molecule has 0 radical (unpaired) electrons. The number of hydrogen-bond acceptors (Lipinski definition) is 5. The third kappa shape index (κ3) is 6.64. The molecule has 0 spiro atoms. The van der Waals surface area contributed by atoms with Crippen molar-refractivity contribution in [1.82, 2.24) is 9.97 Å². The van der Waals surface area contributed by atoms with E-state index in [1.807, 2.05) is 27.7 Å². The maximum atomic E-state index is 12.9. The van der Waals surface area contributed by atoms with Gasteiger partial charge >= 0.3 is 6.18 Å². The quantitative estimate of drug-likeness (QED) is 0.463. The molecular weight excluding hydrogens is 485 g/mol. The highest BCUT2D eigenvalue weighted by Gasteiger charge is 2.31. The van der Waals surface area contributed by atoms with Crippen LogP contribution in [0.15, 0.2) is 52.0 Å². The summed E-state index contributed by atoms with van der Waals surface area (Å²) in [7, 11) is -3.80. The fourth-order valence-electron chi connectivity index (χ4n) is 2.18. The first kappa shape index (κ1) is 25.8. The van der Waals surface area contributed by atoms with E-state index in [2.05, 4.69) is 31.2 Å². The van der Waals surface area contributed by atoms with E-state index in [-0.39, 0.29) is 20.7 Å². The van der Waals surface area contributed by atoms with Gasteiger partial charge in [0, 0.05) is 21.7 Å². The van der Waals surface area contributed by atoms with Crippen LogP contribution in [0.4, 0.5) is 24.8 Å². The molecule has 3 N–H and O–H groups in total. The Balaban J connectivity index is 0.00000106. The second kappa shape index (κ2) is 10.7. The number of nitrogens with two attached hydrogens (primary N) is 1. The molecule has 6 nitrogen and oxygen atoms in total. The van der Waals surface area contributed by atoms with Crippen LogP contribution in [-0.4, -0.2) is 18.4 Å². The summed E-state index contributed by atoms with van der Waals surface area (Å²) >= 11 is 3.09. The average Bonchev–Trinajstić information content (AvgIpc) is 2.70. The average molecular weight is 507 g/mol. The smallest absolute Gasteiger partial charge is 0.324 e. The molecule has 1 heterocycles. The van der Waals surface area contributed by atoms with Crippen molar-refractivity contribution in [2.75, 3.05) is 5.32 Å². The Morgan fingerprint density at radius 2 is 1.60 bits per heavy atom. The van der Waals surface area contributed by atoms with Gasteiger partial charge in [-0.25, -0.2) is 23.5 Å². The molecule has 2 aromatic carbocycles. The largest absolute Gasteiger partial charge is 0.416 e. The van der Waals surface area contributed by atoms with E-state index < -0.39 is 21.8 Å². The van der Waals surface area contributed by atoms with Crippen LogP contribution in [0.5, 0.6) is 0 Å². The monoisotopic (exact) mass is 506 g/mol. The molecule has 0 fully saturated rings. The Morgan fingerprint density at radius 3 is 2.10 bits per heavy atom. The molecule has 0 bridgehead atoms. The number of hydrogen-bond donors (Lipinski definition) is 2. The molecule has 0 saturated heterocycles. The van der Waals surface area contributed by atoms with Crippen molar-refractivity contribution in [2.45, 2.75) is 38.8 Å². The number of rotatable bonds is 3. The molecule has 0 aliphatic carbocycles. The molecule has 3 aromatic rings. The molecule has 0 saturated carbocycles. The maximum Gasteiger partial charge on any atom is 0.416 e. The number of anilines is 2. The standard InChI is InChI=1S/C15H10BrF3N4O2S.2C2H6/c16-12-6-9(15(17,18)19)5-8-7-21-14(23-13(8)12)22-10-1-3-11(4-2-10)26(20,24)25;2*1-2/h1-7H,(H2,20,24,25)(H,21,22,23);2*1-2H3. The van der Waals surface area contributed by atoms with Gasteiger partial charge in [0.2, 0.25) is 16.0 Å². The second-order valence-electron chi connectivity index (χ2n) is 5.28. The maximum absolute atomic E-state index is 12.9. The minimum Gasteiger partial charge on any atom is -0.324 e. The first-order chi connectivity index (χ1) is 14.0. The highest BCUT2D eigenvalue weighted by Crippen LogP contribution is 2.34. The van der Waals surface area contributed by atoms with Crippen LogP contribution in [0, 0.1) is 0 Å². The van der Waals surface area contributed by atoms with E-state index in [0.29, 0.717) is 11.2 Å². The summed E-state index contributed by atoms with van der Waals surface area (Å²) < 4.78 is 61.2. The minimum absolute atomic E-state index is 0.0510. The van der Waals surface area contributed by atoms with Gasteiger partial charge in [-0.1, -0.05) is 27.7 Å². The number of aromatic nitrogens is 2. The van der Waals surface area contributed by atoms with Crippen molar-refractivity contribution < 1.29 is 21.6 Å². The van der Waals surface area contributed by atoms with E-state index in [0.717, 1.165) is 12.1 Å². The second-order valence-corrected chi connectivity index (χ2v) is 7.70. The topological polar surface area (TPSA) is 98.0 Å².